The van der Waals surface area contributed by atoms with Crippen LogP contribution >= 0.6 is 0 Å². The van der Waals surface area contributed by atoms with E-state index in [1.165, 1.54) is 25.2 Å². The van der Waals surface area contributed by atoms with Gasteiger partial charge in [-0.25, -0.2) is 28.5 Å². The summed E-state index contributed by atoms with van der Waals surface area (Å²) in [6.45, 7) is 9.45. The highest BCUT2D eigenvalue weighted by Crippen LogP contribution is 2.33. The maximum absolute atomic E-state index is 14.0. The third-order valence-corrected chi connectivity index (χ3v) is 8.04. The summed E-state index contributed by atoms with van der Waals surface area (Å²) in [5.74, 6) is 0.251. The number of H-pyrrole nitrogens is 1. The zero-order valence-corrected chi connectivity index (χ0v) is 22.4. The molecule has 0 saturated carbocycles. The second-order valence-electron chi connectivity index (χ2n) is 10.9. The molecule has 39 heavy (non-hydrogen) atoms. The normalized spacial score (nSPS) is 17.2. The van der Waals surface area contributed by atoms with Crippen molar-refractivity contribution in [2.24, 2.45) is 0 Å². The second-order valence-corrected chi connectivity index (χ2v) is 10.9. The van der Waals surface area contributed by atoms with Crippen LogP contribution in [0.2, 0.25) is 0 Å². The molecule has 0 radical (unpaired) electrons. The fraction of sp³-hybridized carbons (Fsp3) is 0.500. The van der Waals surface area contributed by atoms with E-state index in [9.17, 15) is 13.6 Å². The van der Waals surface area contributed by atoms with Crippen molar-refractivity contribution >= 4 is 17.0 Å². The molecule has 0 amide bonds. The highest BCUT2D eigenvalue weighted by Gasteiger charge is 2.28. The number of imidazole rings is 2. The third-order valence-electron chi connectivity index (χ3n) is 8.04. The molecule has 5 heterocycles. The number of likely N-dealkylation sites (tertiary alicyclic amines) is 1. The Morgan fingerprint density at radius 2 is 1.79 bits per heavy atom. The number of aromatic nitrogens is 6. The molecule has 1 N–H and O–H groups in total. The predicted octanol–water partition coefficient (Wildman–Crippen LogP) is 4.32. The Morgan fingerprint density at radius 3 is 2.51 bits per heavy atom. The number of nitrogens with zero attached hydrogens (tertiary/aromatic N) is 7. The van der Waals surface area contributed by atoms with E-state index < -0.39 is 11.6 Å². The molecular weight excluding hydrogens is 502 g/mol. The number of hydrogen-bond acceptors (Lipinski definition) is 6. The third kappa shape index (κ3) is 4.95. The van der Waals surface area contributed by atoms with Crippen LogP contribution in [0, 0.1) is 11.6 Å². The number of piperidine rings is 1. The number of nitrogens with one attached hydrogen (secondary N) is 1. The zero-order chi connectivity index (χ0) is 27.1. The van der Waals surface area contributed by atoms with E-state index in [2.05, 4.69) is 29.3 Å². The first-order chi connectivity index (χ1) is 18.9. The number of hydrogen-bond donors (Lipinski definition) is 1. The summed E-state index contributed by atoms with van der Waals surface area (Å²) in [4.78, 5) is 33.9. The molecule has 4 aromatic rings. The molecule has 2 aliphatic rings. The molecule has 6 rings (SSSR count). The predicted molar refractivity (Wildman–Crippen MR) is 146 cm³/mol. The van der Waals surface area contributed by atoms with Crippen molar-refractivity contribution in [2.75, 3.05) is 37.6 Å². The minimum absolute atomic E-state index is 0.0219. The quantitative estimate of drug-likeness (QED) is 0.379. The lowest BCUT2D eigenvalue weighted by molar-refractivity contribution is 0.317. The molecule has 0 atom stereocenters. The van der Waals surface area contributed by atoms with Gasteiger partial charge in [0.25, 0.3) is 0 Å². The average molecular weight is 537 g/mol. The van der Waals surface area contributed by atoms with Crippen LogP contribution in [0.25, 0.3) is 22.4 Å². The number of halogens is 2. The van der Waals surface area contributed by atoms with Gasteiger partial charge < -0.3 is 14.4 Å². The molecular formula is C28H34F2N8O. The summed E-state index contributed by atoms with van der Waals surface area (Å²) in [6.07, 6.45) is 7.68. The zero-order valence-electron chi connectivity index (χ0n) is 22.4. The number of fused-ring (bicyclic) bond motifs is 1. The summed E-state index contributed by atoms with van der Waals surface area (Å²) < 4.78 is 31.5. The summed E-state index contributed by atoms with van der Waals surface area (Å²) in [5.41, 5.74) is 2.35. The molecule has 9 nitrogen and oxygen atoms in total. The van der Waals surface area contributed by atoms with Gasteiger partial charge in [0.1, 0.15) is 17.7 Å². The summed E-state index contributed by atoms with van der Waals surface area (Å²) in [6, 6.07) is 3.95. The van der Waals surface area contributed by atoms with Gasteiger partial charge in [0.2, 0.25) is 0 Å². The van der Waals surface area contributed by atoms with E-state index in [0.717, 1.165) is 75.3 Å². The SMILES string of the molecule is CC(C)n1c(=O)[nH]c2ncnc(N3CCC(c4nc(-c5ccc(F)c(F)c5)cn4CCN4CCCC4)CC3)c21. The molecule has 3 aromatic heterocycles. The van der Waals surface area contributed by atoms with Crippen LogP contribution in [0.4, 0.5) is 14.6 Å². The molecule has 2 saturated heterocycles. The Balaban J connectivity index is 1.26. The molecule has 2 fully saturated rings. The molecule has 0 aliphatic carbocycles. The number of benzene rings is 1. The Kier molecular flexibility index (Phi) is 6.92. The highest BCUT2D eigenvalue weighted by molar-refractivity contribution is 5.83. The van der Waals surface area contributed by atoms with Crippen molar-refractivity contribution in [1.29, 1.82) is 0 Å². The molecule has 206 valence electrons. The monoisotopic (exact) mass is 536 g/mol. The lowest BCUT2D eigenvalue weighted by Crippen LogP contribution is -2.35. The second kappa shape index (κ2) is 10.5. The standard InChI is InChI=1S/C28H34F2N8O/c1-18(2)38-24-25(34-28(38)39)31-17-32-27(24)36-11-7-19(8-12-36)26-33-23(20-5-6-21(29)22(30)15-20)16-37(26)14-13-35-9-3-4-10-35/h5-6,15-19H,3-4,7-14H2,1-2H3,(H,31,32,34,39). The maximum atomic E-state index is 14.0. The van der Waals surface area contributed by atoms with Crippen molar-refractivity contribution in [1.82, 2.24) is 34.0 Å². The molecule has 1 aromatic carbocycles. The Hall–Kier alpha value is -3.60. The van der Waals surface area contributed by atoms with Crippen LogP contribution in [0.3, 0.4) is 0 Å². The van der Waals surface area contributed by atoms with Gasteiger partial charge in [-0.15, -0.1) is 0 Å². The fourth-order valence-corrected chi connectivity index (χ4v) is 6.00. The van der Waals surface area contributed by atoms with Gasteiger partial charge in [-0.1, -0.05) is 0 Å². The van der Waals surface area contributed by atoms with E-state index >= 15 is 0 Å². The van der Waals surface area contributed by atoms with E-state index in [1.807, 2.05) is 20.0 Å². The van der Waals surface area contributed by atoms with Gasteiger partial charge in [-0.05, 0) is 70.8 Å². The van der Waals surface area contributed by atoms with Crippen molar-refractivity contribution in [3.05, 3.63) is 58.7 Å². The van der Waals surface area contributed by atoms with Crippen molar-refractivity contribution in [2.45, 2.75) is 58.0 Å². The van der Waals surface area contributed by atoms with Crippen molar-refractivity contribution < 1.29 is 8.78 Å². The van der Waals surface area contributed by atoms with Crippen LogP contribution in [-0.2, 0) is 6.54 Å². The molecule has 0 unspecified atom stereocenters. The smallest absolute Gasteiger partial charge is 0.328 e. The summed E-state index contributed by atoms with van der Waals surface area (Å²) >= 11 is 0. The summed E-state index contributed by atoms with van der Waals surface area (Å²) in [5, 5.41) is 0. The van der Waals surface area contributed by atoms with Gasteiger partial charge in [0.15, 0.2) is 23.1 Å². The molecule has 0 spiro atoms. The van der Waals surface area contributed by atoms with E-state index in [1.54, 1.807) is 10.6 Å². The van der Waals surface area contributed by atoms with E-state index in [-0.39, 0.29) is 17.6 Å². The summed E-state index contributed by atoms with van der Waals surface area (Å²) in [7, 11) is 0. The lowest BCUT2D eigenvalue weighted by atomic mass is 9.95. The average Bonchev–Trinajstić information content (AvgIpc) is 3.67. The topological polar surface area (TPSA) is 87.9 Å². The molecule has 11 heteroatoms. The maximum Gasteiger partial charge on any atom is 0.328 e. The van der Waals surface area contributed by atoms with Crippen LogP contribution < -0.4 is 10.6 Å². The largest absolute Gasteiger partial charge is 0.355 e. The van der Waals surface area contributed by atoms with Crippen LogP contribution in [0.15, 0.2) is 35.5 Å². The lowest BCUT2D eigenvalue weighted by Gasteiger charge is -2.33. The van der Waals surface area contributed by atoms with Gasteiger partial charge in [-0.3, -0.25) is 9.55 Å². The fourth-order valence-electron chi connectivity index (χ4n) is 6.00. The Morgan fingerprint density at radius 1 is 1.03 bits per heavy atom. The number of anilines is 1. The van der Waals surface area contributed by atoms with Gasteiger partial charge in [0.05, 0.1) is 5.69 Å². The Labute approximate surface area is 225 Å². The molecule has 0 bridgehead atoms. The first-order valence-electron chi connectivity index (χ1n) is 13.8. The van der Waals surface area contributed by atoms with Crippen molar-refractivity contribution in [3.63, 3.8) is 0 Å². The number of rotatable bonds is 7. The van der Waals surface area contributed by atoms with Crippen molar-refractivity contribution in [3.8, 4) is 11.3 Å². The minimum Gasteiger partial charge on any atom is -0.355 e. The first-order valence-corrected chi connectivity index (χ1v) is 13.8. The van der Waals surface area contributed by atoms with E-state index in [0.29, 0.717) is 16.9 Å². The molecule has 2 aliphatic heterocycles. The van der Waals surface area contributed by atoms with Gasteiger partial charge in [0, 0.05) is 49.9 Å². The van der Waals surface area contributed by atoms with E-state index in [4.69, 9.17) is 4.98 Å². The Bertz CT molecular complexity index is 1530. The van der Waals surface area contributed by atoms with Crippen LogP contribution in [0.5, 0.6) is 0 Å². The van der Waals surface area contributed by atoms with Gasteiger partial charge in [-0.2, -0.15) is 0 Å². The first kappa shape index (κ1) is 25.7. The highest BCUT2D eigenvalue weighted by atomic mass is 19.2. The van der Waals surface area contributed by atoms with Crippen LogP contribution in [-0.4, -0.2) is 66.7 Å². The minimum atomic E-state index is -0.866. The van der Waals surface area contributed by atoms with Gasteiger partial charge >= 0.3 is 5.69 Å². The van der Waals surface area contributed by atoms with Crippen LogP contribution in [0.1, 0.15) is 57.3 Å². The number of aromatic amines is 1.